The number of rotatable bonds is 4. The lowest BCUT2D eigenvalue weighted by molar-refractivity contribution is -0.121. The van der Waals surface area contributed by atoms with E-state index in [2.05, 4.69) is 5.32 Å². The van der Waals surface area contributed by atoms with Crippen LogP contribution in [0.1, 0.15) is 6.92 Å². The summed E-state index contributed by atoms with van der Waals surface area (Å²) in [7, 11) is -2.99. The summed E-state index contributed by atoms with van der Waals surface area (Å²) in [6, 6.07) is -0.0847. The number of hydrogen-bond donors (Lipinski definition) is 3. The van der Waals surface area contributed by atoms with Gasteiger partial charge in [-0.1, -0.05) is 0 Å². The van der Waals surface area contributed by atoms with Crippen molar-refractivity contribution in [2.75, 3.05) is 12.8 Å². The minimum atomic E-state index is -4.32. The van der Waals surface area contributed by atoms with Gasteiger partial charge in [0.1, 0.15) is 16.5 Å². The third-order valence-corrected chi connectivity index (χ3v) is 3.87. The number of nitrogens with one attached hydrogen (secondary N) is 2. The average Bonchev–Trinajstić information content (AvgIpc) is 2.31. The van der Waals surface area contributed by atoms with Gasteiger partial charge in [-0.05, 0) is 13.0 Å². The summed E-state index contributed by atoms with van der Waals surface area (Å²) in [5, 5.41) is 2.23. The molecule has 0 bridgehead atoms. The Morgan fingerprint density at radius 2 is 1.89 bits per heavy atom. The highest BCUT2D eigenvalue weighted by atomic mass is 32.2. The molecule has 0 aromatic heterocycles. The summed E-state index contributed by atoms with van der Waals surface area (Å²) in [5.74, 6) is -2.95. The zero-order chi connectivity index (χ0) is 14.8. The van der Waals surface area contributed by atoms with Crippen LogP contribution in [-0.4, -0.2) is 27.4 Å². The molecule has 1 rings (SSSR count). The quantitative estimate of drug-likeness (QED) is 0.678. The second-order valence-corrected chi connectivity index (χ2v) is 5.44. The summed E-state index contributed by atoms with van der Waals surface area (Å²) in [6.07, 6.45) is 0. The van der Waals surface area contributed by atoms with Gasteiger partial charge < -0.3 is 11.1 Å². The van der Waals surface area contributed by atoms with E-state index in [1.165, 1.54) is 14.0 Å². The van der Waals surface area contributed by atoms with E-state index >= 15 is 0 Å². The predicted molar refractivity (Wildman–Crippen MR) is 64.6 cm³/mol. The van der Waals surface area contributed by atoms with Crippen molar-refractivity contribution in [1.82, 2.24) is 10.0 Å². The molecule has 4 N–H and O–H groups in total. The molecule has 0 aliphatic rings. The second-order valence-electron chi connectivity index (χ2n) is 3.76. The molecule has 0 fully saturated rings. The van der Waals surface area contributed by atoms with E-state index in [-0.39, 0.29) is 0 Å². The fraction of sp³-hybridized carbons (Fsp3) is 0.300. The largest absolute Gasteiger partial charge is 0.396 e. The molecule has 1 aromatic rings. The van der Waals surface area contributed by atoms with Crippen LogP contribution in [-0.2, 0) is 14.8 Å². The molecule has 0 aliphatic heterocycles. The number of likely N-dealkylation sites (N-methyl/N-ethyl adjacent to an activating group) is 1. The molecule has 0 aliphatic carbocycles. The number of anilines is 1. The maximum Gasteiger partial charge on any atom is 0.244 e. The monoisotopic (exact) mass is 293 g/mol. The van der Waals surface area contributed by atoms with Crippen molar-refractivity contribution in [2.24, 2.45) is 0 Å². The highest BCUT2D eigenvalue weighted by Gasteiger charge is 2.25. The molecule has 1 unspecified atom stereocenters. The van der Waals surface area contributed by atoms with Crippen LogP contribution in [0.4, 0.5) is 14.5 Å². The molecule has 0 radical (unpaired) electrons. The minimum absolute atomic E-state index is 0.369. The molecule has 6 nitrogen and oxygen atoms in total. The summed E-state index contributed by atoms with van der Waals surface area (Å²) in [6.45, 7) is 1.28. The van der Waals surface area contributed by atoms with Crippen LogP contribution in [0.3, 0.4) is 0 Å². The van der Waals surface area contributed by atoms with Gasteiger partial charge in [0, 0.05) is 13.1 Å². The fourth-order valence-electron chi connectivity index (χ4n) is 1.32. The second kappa shape index (κ2) is 5.49. The third-order valence-electron chi connectivity index (χ3n) is 2.31. The maximum atomic E-state index is 13.4. The van der Waals surface area contributed by atoms with Gasteiger partial charge in [0.05, 0.1) is 11.7 Å². The van der Waals surface area contributed by atoms with E-state index in [1.807, 2.05) is 4.72 Å². The molecule has 0 saturated heterocycles. The van der Waals surface area contributed by atoms with Crippen molar-refractivity contribution in [2.45, 2.75) is 17.9 Å². The molecule has 1 aromatic carbocycles. The number of sulfonamides is 1. The van der Waals surface area contributed by atoms with Crippen LogP contribution in [0.5, 0.6) is 0 Å². The van der Waals surface area contributed by atoms with Crippen LogP contribution in [0.15, 0.2) is 17.0 Å². The lowest BCUT2D eigenvalue weighted by Crippen LogP contribution is -2.43. The number of amides is 1. The molecule has 0 saturated carbocycles. The van der Waals surface area contributed by atoms with Crippen molar-refractivity contribution < 1.29 is 22.0 Å². The first-order valence-corrected chi connectivity index (χ1v) is 6.65. The highest BCUT2D eigenvalue weighted by molar-refractivity contribution is 7.89. The number of nitrogens with two attached hydrogens (primary N) is 1. The lowest BCUT2D eigenvalue weighted by Gasteiger charge is -2.13. The topological polar surface area (TPSA) is 101 Å². The molecule has 19 heavy (non-hydrogen) atoms. The van der Waals surface area contributed by atoms with Crippen molar-refractivity contribution in [3.63, 3.8) is 0 Å². The zero-order valence-corrected chi connectivity index (χ0v) is 11.0. The van der Waals surface area contributed by atoms with Crippen molar-refractivity contribution >= 4 is 21.6 Å². The first-order valence-electron chi connectivity index (χ1n) is 5.17. The van der Waals surface area contributed by atoms with Crippen LogP contribution in [0.2, 0.25) is 0 Å². The average molecular weight is 293 g/mol. The number of halogens is 2. The zero-order valence-electron chi connectivity index (χ0n) is 10.2. The van der Waals surface area contributed by atoms with Crippen LogP contribution in [0, 0.1) is 11.6 Å². The number of carbonyl (C=O) groups excluding carboxylic acids is 1. The SMILES string of the molecule is CNC(=O)C(C)NS(=O)(=O)c1cc(N)c(F)cc1F. The van der Waals surface area contributed by atoms with E-state index in [0.717, 1.165) is 0 Å². The van der Waals surface area contributed by atoms with Crippen LogP contribution < -0.4 is 15.8 Å². The summed E-state index contributed by atoms with van der Waals surface area (Å²) >= 11 is 0. The first-order chi connectivity index (χ1) is 8.69. The molecule has 0 heterocycles. The fourth-order valence-corrected chi connectivity index (χ4v) is 2.61. The molecular formula is C10H13F2N3O3S. The molecular weight excluding hydrogens is 280 g/mol. The van der Waals surface area contributed by atoms with E-state index in [1.54, 1.807) is 0 Å². The van der Waals surface area contributed by atoms with E-state index in [0.29, 0.717) is 12.1 Å². The Morgan fingerprint density at radius 1 is 1.32 bits per heavy atom. The van der Waals surface area contributed by atoms with Gasteiger partial charge in [-0.3, -0.25) is 4.79 Å². The van der Waals surface area contributed by atoms with E-state index in [9.17, 15) is 22.0 Å². The van der Waals surface area contributed by atoms with Gasteiger partial charge in [0.15, 0.2) is 0 Å². The maximum absolute atomic E-state index is 13.4. The smallest absolute Gasteiger partial charge is 0.244 e. The third kappa shape index (κ3) is 3.38. The number of hydrogen-bond acceptors (Lipinski definition) is 4. The van der Waals surface area contributed by atoms with Crippen molar-refractivity contribution in [3.8, 4) is 0 Å². The summed E-state index contributed by atoms with van der Waals surface area (Å²) in [5.41, 5.74) is 4.68. The Balaban J connectivity index is 3.14. The summed E-state index contributed by atoms with van der Waals surface area (Å²) < 4.78 is 52.0. The predicted octanol–water partition coefficient (Wildman–Crippen LogP) is -0.0402. The van der Waals surface area contributed by atoms with Crippen molar-refractivity contribution in [1.29, 1.82) is 0 Å². The van der Waals surface area contributed by atoms with Crippen LogP contribution in [0.25, 0.3) is 0 Å². The number of carbonyl (C=O) groups is 1. The van der Waals surface area contributed by atoms with E-state index < -0.39 is 44.2 Å². The minimum Gasteiger partial charge on any atom is -0.396 e. The normalized spacial score (nSPS) is 13.1. The number of benzene rings is 1. The van der Waals surface area contributed by atoms with Crippen molar-refractivity contribution in [3.05, 3.63) is 23.8 Å². The Bertz CT molecular complexity index is 604. The van der Waals surface area contributed by atoms with E-state index in [4.69, 9.17) is 5.73 Å². The van der Waals surface area contributed by atoms with Gasteiger partial charge in [-0.2, -0.15) is 4.72 Å². The molecule has 9 heteroatoms. The van der Waals surface area contributed by atoms with Gasteiger partial charge >= 0.3 is 0 Å². The molecule has 0 spiro atoms. The molecule has 1 amide bonds. The van der Waals surface area contributed by atoms with Gasteiger partial charge in [0.25, 0.3) is 0 Å². The molecule has 106 valence electrons. The Labute approximate surface area is 109 Å². The van der Waals surface area contributed by atoms with Gasteiger partial charge in [-0.25, -0.2) is 17.2 Å². The standard InChI is InChI=1S/C10H13F2N3O3S/c1-5(10(16)14-2)15-19(17,18)9-4-8(13)6(11)3-7(9)12/h3-5,15H,13H2,1-2H3,(H,14,16). The highest BCUT2D eigenvalue weighted by Crippen LogP contribution is 2.20. The van der Waals surface area contributed by atoms with Gasteiger partial charge in [0.2, 0.25) is 15.9 Å². The summed E-state index contributed by atoms with van der Waals surface area (Å²) in [4.78, 5) is 10.4. The Hall–Kier alpha value is -1.74. The molecule has 1 atom stereocenters. The van der Waals surface area contributed by atoms with Crippen LogP contribution >= 0.6 is 0 Å². The first kappa shape index (κ1) is 15.3. The lowest BCUT2D eigenvalue weighted by atomic mass is 10.3. The van der Waals surface area contributed by atoms with Gasteiger partial charge in [-0.15, -0.1) is 0 Å². The number of nitrogen functional groups attached to an aromatic ring is 1. The Morgan fingerprint density at radius 3 is 2.42 bits per heavy atom. The Kier molecular flexibility index (Phi) is 4.43.